The van der Waals surface area contributed by atoms with E-state index in [1.54, 1.807) is 31.5 Å². The fraction of sp³-hybridized carbons (Fsp3) is 0.227. The number of rotatable bonds is 8. The zero-order valence-electron chi connectivity index (χ0n) is 16.1. The van der Waals surface area contributed by atoms with E-state index < -0.39 is 0 Å². The third-order valence-corrected chi connectivity index (χ3v) is 4.14. The highest BCUT2D eigenvalue weighted by atomic mass is 16.5. The Morgan fingerprint density at radius 3 is 2.79 bits per heavy atom. The summed E-state index contributed by atoms with van der Waals surface area (Å²) >= 11 is 0. The fourth-order valence-corrected chi connectivity index (χ4v) is 2.76. The number of anilines is 2. The normalized spacial score (nSPS) is 10.5. The number of nitrogens with one attached hydrogen (secondary N) is 2. The van der Waals surface area contributed by atoms with Crippen LogP contribution in [0.5, 0.6) is 0 Å². The number of hydrogen-bond acceptors (Lipinski definition) is 5. The minimum atomic E-state index is -0.108. The number of benzene rings is 2. The second-order valence-electron chi connectivity index (χ2n) is 6.44. The molecule has 0 aliphatic heterocycles. The van der Waals surface area contributed by atoms with E-state index in [1.165, 1.54) is 0 Å². The zero-order chi connectivity index (χ0) is 19.8. The van der Waals surface area contributed by atoms with Crippen molar-refractivity contribution in [1.29, 1.82) is 0 Å². The highest BCUT2D eigenvalue weighted by Crippen LogP contribution is 2.20. The van der Waals surface area contributed by atoms with Crippen LogP contribution in [0.1, 0.15) is 22.3 Å². The van der Waals surface area contributed by atoms with Crippen LogP contribution in [0.2, 0.25) is 0 Å². The van der Waals surface area contributed by atoms with Gasteiger partial charge in [-0.25, -0.2) is 9.97 Å². The molecule has 0 radical (unpaired) electrons. The lowest BCUT2D eigenvalue weighted by Gasteiger charge is -2.10. The molecular weight excluding hydrogens is 352 g/mol. The number of aromatic nitrogens is 2. The van der Waals surface area contributed by atoms with E-state index in [9.17, 15) is 4.79 Å². The van der Waals surface area contributed by atoms with Gasteiger partial charge in [0.1, 0.15) is 5.82 Å². The quantitative estimate of drug-likeness (QED) is 0.582. The highest BCUT2D eigenvalue weighted by Gasteiger charge is 2.07. The Balaban J connectivity index is 1.70. The van der Waals surface area contributed by atoms with Crippen LogP contribution in [0, 0.1) is 6.92 Å². The molecule has 2 N–H and O–H groups in total. The Kier molecular flexibility index (Phi) is 6.70. The Hall–Kier alpha value is -3.25. The molecule has 1 heterocycles. The minimum Gasteiger partial charge on any atom is -0.385 e. The van der Waals surface area contributed by atoms with E-state index in [0.29, 0.717) is 30.4 Å². The molecule has 0 saturated heterocycles. The van der Waals surface area contributed by atoms with Crippen molar-refractivity contribution in [3.8, 4) is 11.4 Å². The van der Waals surface area contributed by atoms with Crippen LogP contribution in [0.3, 0.4) is 0 Å². The maximum absolute atomic E-state index is 12.3. The second kappa shape index (κ2) is 9.62. The Morgan fingerprint density at radius 2 is 1.96 bits per heavy atom. The van der Waals surface area contributed by atoms with Gasteiger partial charge in [0.15, 0.2) is 5.82 Å². The van der Waals surface area contributed by atoms with Crippen molar-refractivity contribution in [3.05, 3.63) is 71.9 Å². The van der Waals surface area contributed by atoms with Crippen molar-refractivity contribution >= 4 is 17.4 Å². The summed E-state index contributed by atoms with van der Waals surface area (Å²) in [6.45, 7) is 3.24. The zero-order valence-corrected chi connectivity index (χ0v) is 16.1. The number of amides is 1. The molecule has 28 heavy (non-hydrogen) atoms. The molecule has 6 heteroatoms. The Morgan fingerprint density at radius 1 is 1.11 bits per heavy atom. The fourth-order valence-electron chi connectivity index (χ4n) is 2.76. The van der Waals surface area contributed by atoms with Gasteiger partial charge in [-0.1, -0.05) is 29.8 Å². The molecule has 2 aromatic carbocycles. The van der Waals surface area contributed by atoms with Gasteiger partial charge in [0.05, 0.1) is 0 Å². The first-order chi connectivity index (χ1) is 13.7. The van der Waals surface area contributed by atoms with Gasteiger partial charge in [-0.2, -0.15) is 0 Å². The first kappa shape index (κ1) is 19.5. The van der Waals surface area contributed by atoms with E-state index in [4.69, 9.17) is 4.74 Å². The van der Waals surface area contributed by atoms with Crippen molar-refractivity contribution in [2.24, 2.45) is 0 Å². The second-order valence-corrected chi connectivity index (χ2v) is 6.44. The van der Waals surface area contributed by atoms with Gasteiger partial charge in [-0.3, -0.25) is 4.79 Å². The molecule has 0 saturated carbocycles. The van der Waals surface area contributed by atoms with Crippen molar-refractivity contribution in [3.63, 3.8) is 0 Å². The smallest absolute Gasteiger partial charge is 0.251 e. The van der Waals surface area contributed by atoms with Crippen LogP contribution in [0.15, 0.2) is 60.8 Å². The molecule has 0 unspecified atom stereocenters. The molecular formula is C22H24N4O2. The number of carbonyl (C=O) groups is 1. The van der Waals surface area contributed by atoms with E-state index in [0.717, 1.165) is 23.2 Å². The number of carbonyl (C=O) groups excluding carboxylic acids is 1. The average molecular weight is 376 g/mol. The van der Waals surface area contributed by atoms with Crippen LogP contribution in [-0.4, -0.2) is 36.1 Å². The van der Waals surface area contributed by atoms with E-state index in [1.807, 2.05) is 43.3 Å². The Labute approximate surface area is 165 Å². The summed E-state index contributed by atoms with van der Waals surface area (Å²) in [6.07, 6.45) is 2.50. The maximum atomic E-state index is 12.3. The van der Waals surface area contributed by atoms with Crippen molar-refractivity contribution in [2.45, 2.75) is 13.3 Å². The van der Waals surface area contributed by atoms with E-state index >= 15 is 0 Å². The third-order valence-electron chi connectivity index (χ3n) is 4.14. The van der Waals surface area contributed by atoms with Crippen LogP contribution < -0.4 is 10.6 Å². The molecule has 144 valence electrons. The SMILES string of the molecule is COCCCNC(=O)c1cccc(Nc2ccnc(-c3cccc(C)c3)n2)c1. The highest BCUT2D eigenvalue weighted by molar-refractivity contribution is 5.95. The first-order valence-corrected chi connectivity index (χ1v) is 9.20. The molecule has 0 fully saturated rings. The van der Waals surface area contributed by atoms with Crippen LogP contribution in [0.4, 0.5) is 11.5 Å². The number of nitrogens with zero attached hydrogens (tertiary/aromatic N) is 2. The van der Waals surface area contributed by atoms with Crippen molar-refractivity contribution in [1.82, 2.24) is 15.3 Å². The van der Waals surface area contributed by atoms with Gasteiger partial charge >= 0.3 is 0 Å². The van der Waals surface area contributed by atoms with Crippen LogP contribution in [-0.2, 0) is 4.74 Å². The summed E-state index contributed by atoms with van der Waals surface area (Å²) in [6, 6.07) is 17.2. The van der Waals surface area contributed by atoms with Crippen LogP contribution >= 0.6 is 0 Å². The molecule has 0 aliphatic rings. The summed E-state index contributed by atoms with van der Waals surface area (Å²) < 4.78 is 4.99. The van der Waals surface area contributed by atoms with Gasteiger partial charge < -0.3 is 15.4 Å². The molecule has 3 aromatic rings. The first-order valence-electron chi connectivity index (χ1n) is 9.20. The monoisotopic (exact) mass is 376 g/mol. The maximum Gasteiger partial charge on any atom is 0.251 e. The van der Waals surface area contributed by atoms with Gasteiger partial charge in [0, 0.05) is 43.3 Å². The van der Waals surface area contributed by atoms with E-state index in [2.05, 4.69) is 20.6 Å². The average Bonchev–Trinajstić information content (AvgIpc) is 2.71. The third kappa shape index (κ3) is 5.37. The lowest BCUT2D eigenvalue weighted by molar-refractivity contribution is 0.0948. The van der Waals surface area contributed by atoms with Gasteiger partial charge in [-0.15, -0.1) is 0 Å². The predicted octanol–water partition coefficient (Wildman–Crippen LogP) is 3.96. The Bertz CT molecular complexity index is 943. The van der Waals surface area contributed by atoms with Crippen molar-refractivity contribution < 1.29 is 9.53 Å². The summed E-state index contributed by atoms with van der Waals surface area (Å²) in [5.74, 6) is 1.22. The largest absolute Gasteiger partial charge is 0.385 e. The van der Waals surface area contributed by atoms with Gasteiger partial charge in [0.2, 0.25) is 0 Å². The minimum absolute atomic E-state index is 0.108. The van der Waals surface area contributed by atoms with Gasteiger partial charge in [-0.05, 0) is 43.7 Å². The van der Waals surface area contributed by atoms with E-state index in [-0.39, 0.29) is 5.91 Å². The summed E-state index contributed by atoms with van der Waals surface area (Å²) in [5.41, 5.74) is 3.50. The molecule has 0 atom stereocenters. The molecule has 1 amide bonds. The molecule has 0 aliphatic carbocycles. The number of hydrogen-bond donors (Lipinski definition) is 2. The summed E-state index contributed by atoms with van der Waals surface area (Å²) in [4.78, 5) is 21.2. The molecule has 1 aromatic heterocycles. The van der Waals surface area contributed by atoms with Gasteiger partial charge in [0.25, 0.3) is 5.91 Å². The molecule has 3 rings (SSSR count). The number of aryl methyl sites for hydroxylation is 1. The topological polar surface area (TPSA) is 76.1 Å². The van der Waals surface area contributed by atoms with Crippen LogP contribution in [0.25, 0.3) is 11.4 Å². The summed E-state index contributed by atoms with van der Waals surface area (Å²) in [7, 11) is 1.65. The lowest BCUT2D eigenvalue weighted by atomic mass is 10.1. The predicted molar refractivity (Wildman–Crippen MR) is 111 cm³/mol. The standard InChI is InChI=1S/C22H24N4O2/c1-16-6-3-7-17(14-16)21-23-12-10-20(26-21)25-19-9-4-8-18(15-19)22(27)24-11-5-13-28-2/h3-4,6-10,12,14-15H,5,11,13H2,1-2H3,(H,24,27)(H,23,25,26). The molecule has 6 nitrogen and oxygen atoms in total. The number of ether oxygens (including phenoxy) is 1. The van der Waals surface area contributed by atoms with Crippen molar-refractivity contribution in [2.75, 3.05) is 25.6 Å². The lowest BCUT2D eigenvalue weighted by Crippen LogP contribution is -2.25. The molecule has 0 bridgehead atoms. The molecule has 0 spiro atoms. The summed E-state index contributed by atoms with van der Waals surface area (Å²) in [5, 5.41) is 6.14. The number of methoxy groups -OCH3 is 1.